The maximum atomic E-state index is 13.3. The van der Waals surface area contributed by atoms with Crippen LogP contribution in [0.4, 0.5) is 4.39 Å². The summed E-state index contributed by atoms with van der Waals surface area (Å²) < 4.78 is 19.2. The third-order valence-corrected chi connectivity index (χ3v) is 5.04. The molecular weight excluding hydrogens is 341 g/mol. The van der Waals surface area contributed by atoms with E-state index in [-0.39, 0.29) is 17.8 Å². The third-order valence-electron chi connectivity index (χ3n) is 4.28. The van der Waals surface area contributed by atoms with Crippen molar-refractivity contribution in [3.8, 4) is 0 Å². The highest BCUT2D eigenvalue weighted by atomic mass is 32.1. The van der Waals surface area contributed by atoms with Crippen molar-refractivity contribution in [2.24, 2.45) is 0 Å². The van der Waals surface area contributed by atoms with Gasteiger partial charge < -0.3 is 9.32 Å². The standard InChI is InChI=1S/C18H16FN3O2S/c19-13-4-1-3-12(7-13)8-14-9-21-17(24-14)15-5-2-6-22(15)18(23)16-10-20-11-25-16/h1,3-4,7,9-11,15H,2,5-6,8H2/t15-/m1/s1. The Morgan fingerprint density at radius 1 is 1.40 bits per heavy atom. The van der Waals surface area contributed by atoms with Crippen LogP contribution in [0, 0.1) is 5.82 Å². The Labute approximate surface area is 148 Å². The minimum Gasteiger partial charge on any atom is -0.443 e. The maximum Gasteiger partial charge on any atom is 0.266 e. The van der Waals surface area contributed by atoms with E-state index >= 15 is 0 Å². The maximum absolute atomic E-state index is 13.3. The summed E-state index contributed by atoms with van der Waals surface area (Å²) in [6, 6.07) is 6.26. The summed E-state index contributed by atoms with van der Waals surface area (Å²) >= 11 is 1.33. The molecular formula is C18H16FN3O2S. The predicted octanol–water partition coefficient (Wildman–Crippen LogP) is 3.84. The van der Waals surface area contributed by atoms with Crippen molar-refractivity contribution in [3.05, 3.63) is 70.1 Å². The number of carbonyl (C=O) groups is 1. The summed E-state index contributed by atoms with van der Waals surface area (Å²) in [5.74, 6) is 0.906. The molecule has 0 bridgehead atoms. The van der Waals surface area contributed by atoms with Crippen LogP contribution < -0.4 is 0 Å². The molecule has 25 heavy (non-hydrogen) atoms. The number of hydrogen-bond donors (Lipinski definition) is 0. The van der Waals surface area contributed by atoms with Crippen molar-refractivity contribution in [2.75, 3.05) is 6.54 Å². The van der Waals surface area contributed by atoms with Crippen LogP contribution in [0.2, 0.25) is 0 Å². The van der Waals surface area contributed by atoms with Crippen LogP contribution in [0.15, 0.2) is 46.6 Å². The molecule has 2 aromatic heterocycles. The monoisotopic (exact) mass is 357 g/mol. The van der Waals surface area contributed by atoms with Gasteiger partial charge in [0.05, 0.1) is 17.9 Å². The fraction of sp³-hybridized carbons (Fsp3) is 0.278. The zero-order valence-corrected chi connectivity index (χ0v) is 14.2. The molecule has 1 aliphatic heterocycles. The first-order valence-electron chi connectivity index (χ1n) is 8.09. The molecule has 3 heterocycles. The average molecular weight is 357 g/mol. The van der Waals surface area contributed by atoms with Gasteiger partial charge in [-0.3, -0.25) is 9.78 Å². The summed E-state index contributed by atoms with van der Waals surface area (Å²) in [5.41, 5.74) is 2.48. The molecule has 0 N–H and O–H groups in total. The predicted molar refractivity (Wildman–Crippen MR) is 90.8 cm³/mol. The zero-order valence-electron chi connectivity index (χ0n) is 13.4. The molecule has 0 unspecified atom stereocenters. The van der Waals surface area contributed by atoms with E-state index < -0.39 is 0 Å². The largest absolute Gasteiger partial charge is 0.443 e. The van der Waals surface area contributed by atoms with E-state index in [1.807, 2.05) is 6.07 Å². The Hall–Kier alpha value is -2.54. The number of aromatic nitrogens is 2. The van der Waals surface area contributed by atoms with E-state index in [0.717, 1.165) is 18.4 Å². The van der Waals surface area contributed by atoms with Gasteiger partial charge >= 0.3 is 0 Å². The smallest absolute Gasteiger partial charge is 0.266 e. The summed E-state index contributed by atoms with van der Waals surface area (Å²) in [6.45, 7) is 0.684. The molecule has 0 spiro atoms. The lowest BCUT2D eigenvalue weighted by Gasteiger charge is -2.21. The molecule has 1 amide bonds. The topological polar surface area (TPSA) is 59.2 Å². The first kappa shape index (κ1) is 16.0. The van der Waals surface area contributed by atoms with Crippen LogP contribution in [0.1, 0.15) is 45.8 Å². The lowest BCUT2D eigenvalue weighted by Crippen LogP contribution is -2.30. The highest BCUT2D eigenvalue weighted by Gasteiger charge is 2.34. The molecule has 1 atom stereocenters. The number of thiazole rings is 1. The van der Waals surface area contributed by atoms with Gasteiger partial charge in [0.2, 0.25) is 5.89 Å². The third kappa shape index (κ3) is 3.32. The number of halogens is 1. The van der Waals surface area contributed by atoms with Crippen LogP contribution in [0.25, 0.3) is 0 Å². The van der Waals surface area contributed by atoms with Gasteiger partial charge in [-0.2, -0.15) is 0 Å². The number of amides is 1. The van der Waals surface area contributed by atoms with Crippen molar-refractivity contribution < 1.29 is 13.6 Å². The molecule has 1 fully saturated rings. The minimum atomic E-state index is -0.269. The summed E-state index contributed by atoms with van der Waals surface area (Å²) in [5, 5.41) is 0. The highest BCUT2D eigenvalue weighted by Crippen LogP contribution is 2.33. The Bertz CT molecular complexity index is 878. The van der Waals surface area contributed by atoms with E-state index in [1.165, 1.54) is 23.5 Å². The second-order valence-electron chi connectivity index (χ2n) is 5.99. The SMILES string of the molecule is O=C(c1cncs1)N1CCC[C@@H]1c1ncc(Cc2cccc(F)c2)o1. The normalized spacial score (nSPS) is 17.2. The first-order chi connectivity index (χ1) is 12.2. The minimum absolute atomic E-state index is 0.0325. The van der Waals surface area contributed by atoms with Gasteiger partial charge in [-0.25, -0.2) is 9.37 Å². The van der Waals surface area contributed by atoms with Crippen LogP contribution >= 0.6 is 11.3 Å². The average Bonchev–Trinajstić information content (AvgIpc) is 3.35. The van der Waals surface area contributed by atoms with Gasteiger partial charge in [0.1, 0.15) is 22.5 Å². The fourth-order valence-corrected chi connectivity index (χ4v) is 3.71. The van der Waals surface area contributed by atoms with Crippen molar-refractivity contribution in [1.29, 1.82) is 0 Å². The number of hydrogen-bond acceptors (Lipinski definition) is 5. The van der Waals surface area contributed by atoms with Crippen molar-refractivity contribution in [1.82, 2.24) is 14.9 Å². The van der Waals surface area contributed by atoms with Crippen LogP contribution in [0.3, 0.4) is 0 Å². The van der Waals surface area contributed by atoms with Gasteiger partial charge in [0, 0.05) is 13.0 Å². The highest BCUT2D eigenvalue weighted by molar-refractivity contribution is 7.11. The van der Waals surface area contributed by atoms with Crippen LogP contribution in [0.5, 0.6) is 0 Å². The van der Waals surface area contributed by atoms with E-state index in [0.29, 0.717) is 29.5 Å². The molecule has 7 heteroatoms. The van der Waals surface area contributed by atoms with Crippen molar-refractivity contribution in [2.45, 2.75) is 25.3 Å². The number of rotatable bonds is 4. The lowest BCUT2D eigenvalue weighted by atomic mass is 10.1. The summed E-state index contributed by atoms with van der Waals surface area (Å²) in [4.78, 5) is 23.4. The Kier molecular flexibility index (Phi) is 4.31. The van der Waals surface area contributed by atoms with Gasteiger partial charge in [0.25, 0.3) is 5.91 Å². The van der Waals surface area contributed by atoms with Crippen molar-refractivity contribution in [3.63, 3.8) is 0 Å². The van der Waals surface area contributed by atoms with E-state index in [9.17, 15) is 9.18 Å². The Balaban J connectivity index is 1.52. The molecule has 4 rings (SSSR count). The molecule has 0 saturated carbocycles. The van der Waals surface area contributed by atoms with E-state index in [1.54, 1.807) is 28.9 Å². The van der Waals surface area contributed by atoms with Crippen LogP contribution in [-0.4, -0.2) is 27.3 Å². The quantitative estimate of drug-likeness (QED) is 0.712. The molecule has 128 valence electrons. The number of carbonyl (C=O) groups excluding carboxylic acids is 1. The van der Waals surface area contributed by atoms with Gasteiger partial charge in [-0.05, 0) is 30.5 Å². The molecule has 0 aliphatic carbocycles. The number of benzene rings is 1. The number of likely N-dealkylation sites (tertiary alicyclic amines) is 1. The number of nitrogens with zero attached hydrogens (tertiary/aromatic N) is 3. The molecule has 5 nitrogen and oxygen atoms in total. The molecule has 1 aliphatic rings. The molecule has 1 saturated heterocycles. The van der Waals surface area contributed by atoms with Gasteiger partial charge in [-0.1, -0.05) is 12.1 Å². The lowest BCUT2D eigenvalue weighted by molar-refractivity contribution is 0.0719. The number of oxazole rings is 1. The van der Waals surface area contributed by atoms with Gasteiger partial charge in [-0.15, -0.1) is 11.3 Å². The van der Waals surface area contributed by atoms with Crippen molar-refractivity contribution >= 4 is 17.2 Å². The molecule has 0 radical (unpaired) electrons. The second-order valence-corrected chi connectivity index (χ2v) is 6.88. The summed E-state index contributed by atoms with van der Waals surface area (Å²) in [6.07, 6.45) is 5.46. The Morgan fingerprint density at radius 3 is 3.12 bits per heavy atom. The second kappa shape index (κ2) is 6.76. The summed E-state index contributed by atoms with van der Waals surface area (Å²) in [7, 11) is 0. The molecule has 1 aromatic carbocycles. The zero-order chi connectivity index (χ0) is 17.2. The van der Waals surface area contributed by atoms with E-state index in [2.05, 4.69) is 9.97 Å². The molecule has 3 aromatic rings. The van der Waals surface area contributed by atoms with E-state index in [4.69, 9.17) is 4.42 Å². The Morgan fingerprint density at radius 2 is 2.32 bits per heavy atom. The van der Waals surface area contributed by atoms with Crippen LogP contribution in [-0.2, 0) is 6.42 Å². The fourth-order valence-electron chi connectivity index (χ4n) is 3.14. The first-order valence-corrected chi connectivity index (χ1v) is 8.97. The van der Waals surface area contributed by atoms with Gasteiger partial charge in [0.15, 0.2) is 0 Å².